The number of amides is 1. The lowest BCUT2D eigenvalue weighted by Gasteiger charge is -2.22. The molecule has 0 spiro atoms. The smallest absolute Gasteiger partial charge is 0.276 e. The third kappa shape index (κ3) is 3.87. The van der Waals surface area contributed by atoms with Crippen molar-refractivity contribution in [3.63, 3.8) is 0 Å². The van der Waals surface area contributed by atoms with Gasteiger partial charge in [-0.05, 0) is 38.3 Å². The van der Waals surface area contributed by atoms with E-state index in [1.165, 1.54) is 16.8 Å². The van der Waals surface area contributed by atoms with E-state index in [-0.39, 0.29) is 23.3 Å². The van der Waals surface area contributed by atoms with Crippen molar-refractivity contribution < 1.29 is 9.72 Å². The van der Waals surface area contributed by atoms with Crippen LogP contribution in [0.4, 0.5) is 5.69 Å². The van der Waals surface area contributed by atoms with E-state index in [0.717, 1.165) is 24.0 Å². The molecule has 0 bridgehead atoms. The van der Waals surface area contributed by atoms with Crippen LogP contribution in [-0.4, -0.2) is 36.8 Å². The first-order valence-electron chi connectivity index (χ1n) is 9.47. The van der Waals surface area contributed by atoms with E-state index in [9.17, 15) is 14.9 Å². The molecule has 0 aliphatic heterocycles. The number of aromatic nitrogens is 3. The maximum Gasteiger partial charge on any atom is 0.276 e. The number of carbonyl (C=O) groups excluding carboxylic acids is 1. The molecule has 1 aliphatic rings. The van der Waals surface area contributed by atoms with Crippen molar-refractivity contribution in [2.24, 2.45) is 0 Å². The number of nitro groups is 1. The standard InChI is InChI=1S/C21H21N5O3/c1-14-5-3-6-16(11-14)13-24(17-9-10-17)21(27)20-15(2)25(23-22-20)18-7-4-8-19(12-18)26(28)29/h3-8,11-12,17H,9-10,13H2,1-2H3. The zero-order valence-electron chi connectivity index (χ0n) is 16.3. The molecule has 0 N–H and O–H groups in total. The molecule has 1 saturated carbocycles. The van der Waals surface area contributed by atoms with Gasteiger partial charge in [0.05, 0.1) is 16.3 Å². The van der Waals surface area contributed by atoms with Crippen LogP contribution in [0.15, 0.2) is 48.5 Å². The minimum absolute atomic E-state index is 0.0377. The monoisotopic (exact) mass is 391 g/mol. The van der Waals surface area contributed by atoms with E-state index in [4.69, 9.17) is 0 Å². The lowest BCUT2D eigenvalue weighted by atomic mass is 10.1. The molecule has 1 heterocycles. The molecule has 3 aromatic rings. The number of nitrogens with zero attached hydrogens (tertiary/aromatic N) is 5. The molecule has 148 valence electrons. The van der Waals surface area contributed by atoms with Gasteiger partial charge in [0, 0.05) is 24.7 Å². The summed E-state index contributed by atoms with van der Waals surface area (Å²) in [5, 5.41) is 19.2. The molecular formula is C21H21N5O3. The number of non-ortho nitro benzene ring substituents is 1. The van der Waals surface area contributed by atoms with Crippen LogP contribution >= 0.6 is 0 Å². The van der Waals surface area contributed by atoms with Crippen molar-refractivity contribution in [3.05, 3.63) is 81.2 Å². The maximum absolute atomic E-state index is 13.3. The molecule has 1 fully saturated rings. The van der Waals surface area contributed by atoms with E-state index in [0.29, 0.717) is 17.9 Å². The van der Waals surface area contributed by atoms with E-state index in [1.54, 1.807) is 19.1 Å². The van der Waals surface area contributed by atoms with Gasteiger partial charge in [0.25, 0.3) is 11.6 Å². The third-order valence-electron chi connectivity index (χ3n) is 5.07. The summed E-state index contributed by atoms with van der Waals surface area (Å²) >= 11 is 0. The summed E-state index contributed by atoms with van der Waals surface area (Å²) < 4.78 is 1.47. The summed E-state index contributed by atoms with van der Waals surface area (Å²) in [6, 6.07) is 14.5. The largest absolute Gasteiger partial charge is 0.330 e. The van der Waals surface area contributed by atoms with Crippen LogP contribution in [0.3, 0.4) is 0 Å². The first kappa shape index (κ1) is 18.8. The van der Waals surface area contributed by atoms with Crippen molar-refractivity contribution >= 4 is 11.6 Å². The lowest BCUT2D eigenvalue weighted by Crippen LogP contribution is -2.33. The topological polar surface area (TPSA) is 94.2 Å². The van der Waals surface area contributed by atoms with Crippen LogP contribution in [0.1, 0.15) is 40.2 Å². The zero-order valence-corrected chi connectivity index (χ0v) is 16.3. The number of hydrogen-bond donors (Lipinski definition) is 0. The Morgan fingerprint density at radius 1 is 1.21 bits per heavy atom. The van der Waals surface area contributed by atoms with Gasteiger partial charge in [0.2, 0.25) is 0 Å². The minimum atomic E-state index is -0.460. The summed E-state index contributed by atoms with van der Waals surface area (Å²) in [6.45, 7) is 4.31. The van der Waals surface area contributed by atoms with Crippen molar-refractivity contribution in [1.82, 2.24) is 19.9 Å². The Morgan fingerprint density at radius 3 is 2.66 bits per heavy atom. The summed E-state index contributed by atoms with van der Waals surface area (Å²) in [5.41, 5.74) is 3.53. The predicted molar refractivity (Wildman–Crippen MR) is 107 cm³/mol. The molecule has 0 radical (unpaired) electrons. The van der Waals surface area contributed by atoms with Crippen LogP contribution < -0.4 is 0 Å². The molecule has 8 heteroatoms. The van der Waals surface area contributed by atoms with Crippen LogP contribution in [0, 0.1) is 24.0 Å². The van der Waals surface area contributed by atoms with Gasteiger partial charge in [0.15, 0.2) is 5.69 Å². The Hall–Kier alpha value is -3.55. The third-order valence-corrected chi connectivity index (χ3v) is 5.07. The number of carbonyl (C=O) groups is 1. The van der Waals surface area contributed by atoms with Gasteiger partial charge in [-0.25, -0.2) is 4.68 Å². The highest BCUT2D eigenvalue weighted by Crippen LogP contribution is 2.30. The predicted octanol–water partition coefficient (Wildman–Crippen LogP) is 3.60. The van der Waals surface area contributed by atoms with Gasteiger partial charge in [-0.1, -0.05) is 41.1 Å². The Balaban J connectivity index is 1.63. The van der Waals surface area contributed by atoms with Gasteiger partial charge >= 0.3 is 0 Å². The van der Waals surface area contributed by atoms with Crippen LogP contribution in [0.2, 0.25) is 0 Å². The average molecular weight is 391 g/mol. The molecule has 8 nitrogen and oxygen atoms in total. The van der Waals surface area contributed by atoms with Crippen molar-refractivity contribution in [2.45, 2.75) is 39.3 Å². The Bertz CT molecular complexity index is 1090. The summed E-state index contributed by atoms with van der Waals surface area (Å²) in [5.74, 6) is -0.164. The average Bonchev–Trinajstić information content (AvgIpc) is 3.47. The number of nitro benzene ring substituents is 1. The summed E-state index contributed by atoms with van der Waals surface area (Å²) in [7, 11) is 0. The highest BCUT2D eigenvalue weighted by atomic mass is 16.6. The molecule has 0 atom stereocenters. The number of benzene rings is 2. The molecule has 0 saturated heterocycles. The van der Waals surface area contributed by atoms with Crippen LogP contribution in [-0.2, 0) is 6.54 Å². The van der Waals surface area contributed by atoms with Crippen LogP contribution in [0.25, 0.3) is 5.69 Å². The quantitative estimate of drug-likeness (QED) is 0.473. The molecule has 4 rings (SSSR count). The zero-order chi connectivity index (χ0) is 20.5. The van der Waals surface area contributed by atoms with Crippen molar-refractivity contribution in [1.29, 1.82) is 0 Å². The number of rotatable bonds is 6. The fourth-order valence-electron chi connectivity index (χ4n) is 3.41. The first-order valence-corrected chi connectivity index (χ1v) is 9.47. The van der Waals surface area contributed by atoms with Crippen LogP contribution in [0.5, 0.6) is 0 Å². The highest BCUT2D eigenvalue weighted by Gasteiger charge is 2.35. The molecule has 29 heavy (non-hydrogen) atoms. The van der Waals surface area contributed by atoms with Crippen molar-refractivity contribution in [2.75, 3.05) is 0 Å². The fourth-order valence-corrected chi connectivity index (χ4v) is 3.41. The Labute approximate surface area is 167 Å². The second-order valence-corrected chi connectivity index (χ2v) is 7.37. The Morgan fingerprint density at radius 2 is 1.97 bits per heavy atom. The second-order valence-electron chi connectivity index (χ2n) is 7.37. The van der Waals surface area contributed by atoms with Crippen molar-refractivity contribution in [3.8, 4) is 5.69 Å². The number of hydrogen-bond acceptors (Lipinski definition) is 5. The molecule has 1 aliphatic carbocycles. The second kappa shape index (κ2) is 7.46. The van der Waals surface area contributed by atoms with Gasteiger partial charge < -0.3 is 4.90 Å². The maximum atomic E-state index is 13.3. The minimum Gasteiger partial charge on any atom is -0.330 e. The normalized spacial score (nSPS) is 13.3. The molecule has 0 unspecified atom stereocenters. The van der Waals surface area contributed by atoms with Gasteiger partial charge in [-0.15, -0.1) is 5.10 Å². The van der Waals surface area contributed by atoms with E-state index in [1.807, 2.05) is 30.0 Å². The fraction of sp³-hybridized carbons (Fsp3) is 0.286. The van der Waals surface area contributed by atoms with Gasteiger partial charge in [-0.2, -0.15) is 0 Å². The van der Waals surface area contributed by atoms with Gasteiger partial charge in [-0.3, -0.25) is 14.9 Å². The van der Waals surface area contributed by atoms with E-state index >= 15 is 0 Å². The molecule has 1 aromatic heterocycles. The molecule has 1 amide bonds. The first-order chi connectivity index (χ1) is 13.9. The SMILES string of the molecule is Cc1cccc(CN(C(=O)c2nnn(-c3cccc([N+](=O)[O-])c3)c2C)C2CC2)c1. The van der Waals surface area contributed by atoms with E-state index < -0.39 is 4.92 Å². The Kier molecular flexibility index (Phi) is 4.84. The lowest BCUT2D eigenvalue weighted by molar-refractivity contribution is -0.384. The van der Waals surface area contributed by atoms with Gasteiger partial charge in [0.1, 0.15) is 0 Å². The molecular weight excluding hydrogens is 370 g/mol. The number of aryl methyl sites for hydroxylation is 1. The highest BCUT2D eigenvalue weighted by molar-refractivity contribution is 5.93. The van der Waals surface area contributed by atoms with E-state index in [2.05, 4.69) is 16.4 Å². The summed E-state index contributed by atoms with van der Waals surface area (Å²) in [6.07, 6.45) is 1.96. The summed E-state index contributed by atoms with van der Waals surface area (Å²) in [4.78, 5) is 25.7. The molecule has 2 aromatic carbocycles.